The van der Waals surface area contributed by atoms with Crippen LogP contribution < -0.4 is 10.5 Å². The zero-order valence-corrected chi connectivity index (χ0v) is 11.3. The Morgan fingerprint density at radius 2 is 1.95 bits per heavy atom. The molecule has 0 saturated carbocycles. The van der Waals surface area contributed by atoms with Crippen LogP contribution in [0.3, 0.4) is 0 Å². The normalized spacial score (nSPS) is 12.4. The highest BCUT2D eigenvalue weighted by atomic mass is 32.2. The van der Waals surface area contributed by atoms with Gasteiger partial charge in [0.15, 0.2) is 0 Å². The summed E-state index contributed by atoms with van der Waals surface area (Å²) in [6.45, 7) is -0.0186. The summed E-state index contributed by atoms with van der Waals surface area (Å²) in [5.74, 6) is -0.0607. The topological polar surface area (TPSA) is 101 Å². The van der Waals surface area contributed by atoms with Gasteiger partial charge >= 0.3 is 6.18 Å². The maximum Gasteiger partial charge on any atom is 0.417 e. The molecule has 6 nitrogen and oxygen atoms in total. The Labute approximate surface area is 118 Å². The van der Waals surface area contributed by atoms with Crippen molar-refractivity contribution >= 4 is 15.8 Å². The van der Waals surface area contributed by atoms with Crippen molar-refractivity contribution in [2.75, 3.05) is 4.72 Å². The molecule has 0 atom stereocenters. The Morgan fingerprint density at radius 3 is 2.57 bits per heavy atom. The van der Waals surface area contributed by atoms with Crippen molar-refractivity contribution in [2.24, 2.45) is 5.73 Å². The zero-order chi connectivity index (χ0) is 15.7. The number of aromatic nitrogens is 2. The smallest absolute Gasteiger partial charge is 0.326 e. The van der Waals surface area contributed by atoms with Gasteiger partial charge in [0.1, 0.15) is 5.82 Å². The van der Waals surface area contributed by atoms with Gasteiger partial charge in [-0.3, -0.25) is 9.82 Å². The van der Waals surface area contributed by atoms with Crippen LogP contribution in [0.15, 0.2) is 35.4 Å². The third kappa shape index (κ3) is 3.16. The lowest BCUT2D eigenvalue weighted by Crippen LogP contribution is -2.19. The maximum absolute atomic E-state index is 12.9. The number of nitrogens with two attached hydrogens (primary N) is 1. The van der Waals surface area contributed by atoms with Gasteiger partial charge < -0.3 is 5.73 Å². The number of alkyl halides is 3. The molecule has 0 fully saturated rings. The van der Waals surface area contributed by atoms with E-state index in [1.165, 1.54) is 12.3 Å². The molecule has 2 aromatic rings. The van der Waals surface area contributed by atoms with Crippen LogP contribution in [0.1, 0.15) is 11.1 Å². The zero-order valence-electron chi connectivity index (χ0n) is 10.5. The molecule has 2 rings (SSSR count). The maximum atomic E-state index is 12.9. The quantitative estimate of drug-likeness (QED) is 0.798. The van der Waals surface area contributed by atoms with Crippen molar-refractivity contribution in [3.05, 3.63) is 41.6 Å². The Balaban J connectivity index is 2.46. The van der Waals surface area contributed by atoms with Crippen molar-refractivity contribution in [1.29, 1.82) is 0 Å². The molecular weight excluding hydrogens is 309 g/mol. The minimum Gasteiger partial charge on any atom is -0.326 e. The summed E-state index contributed by atoms with van der Waals surface area (Å²) >= 11 is 0. The van der Waals surface area contributed by atoms with Crippen molar-refractivity contribution in [1.82, 2.24) is 10.2 Å². The first-order valence-corrected chi connectivity index (χ1v) is 7.15. The molecular formula is C11H11F3N4O2S. The number of hydrogen-bond donors (Lipinski definition) is 3. The van der Waals surface area contributed by atoms with E-state index < -0.39 is 26.7 Å². The monoisotopic (exact) mass is 320 g/mol. The molecule has 114 valence electrons. The van der Waals surface area contributed by atoms with Gasteiger partial charge in [-0.25, -0.2) is 8.42 Å². The lowest BCUT2D eigenvalue weighted by atomic mass is 10.2. The summed E-state index contributed by atoms with van der Waals surface area (Å²) in [7, 11) is -4.43. The van der Waals surface area contributed by atoms with Crippen molar-refractivity contribution in [3.63, 3.8) is 0 Å². The van der Waals surface area contributed by atoms with E-state index in [-0.39, 0.29) is 12.4 Å². The molecule has 4 N–H and O–H groups in total. The van der Waals surface area contributed by atoms with Crippen molar-refractivity contribution in [3.8, 4) is 0 Å². The number of H-pyrrole nitrogens is 1. The molecule has 0 aliphatic heterocycles. The van der Waals surface area contributed by atoms with Crippen LogP contribution in [-0.2, 0) is 22.7 Å². The van der Waals surface area contributed by atoms with Crippen molar-refractivity contribution in [2.45, 2.75) is 17.6 Å². The third-order valence-electron chi connectivity index (χ3n) is 2.66. The van der Waals surface area contributed by atoms with Gasteiger partial charge in [-0.1, -0.05) is 12.1 Å². The number of halogens is 3. The number of sulfonamides is 1. The highest BCUT2D eigenvalue weighted by Gasteiger charge is 2.37. The highest BCUT2D eigenvalue weighted by molar-refractivity contribution is 7.92. The highest BCUT2D eigenvalue weighted by Crippen LogP contribution is 2.34. The van der Waals surface area contributed by atoms with Crippen LogP contribution in [0.4, 0.5) is 19.0 Å². The molecule has 0 aliphatic rings. The number of benzene rings is 1. The van der Waals surface area contributed by atoms with Gasteiger partial charge in [-0.15, -0.1) is 0 Å². The van der Waals surface area contributed by atoms with E-state index in [2.05, 4.69) is 10.2 Å². The Hall–Kier alpha value is -2.07. The van der Waals surface area contributed by atoms with Gasteiger partial charge in [0.05, 0.1) is 16.7 Å². The second-order valence-electron chi connectivity index (χ2n) is 4.07. The number of anilines is 1. The molecule has 1 heterocycles. The third-order valence-corrected chi connectivity index (χ3v) is 4.06. The molecule has 0 aliphatic carbocycles. The van der Waals surface area contributed by atoms with Crippen LogP contribution >= 0.6 is 0 Å². The fourth-order valence-electron chi connectivity index (χ4n) is 1.68. The summed E-state index contributed by atoms with van der Waals surface area (Å²) in [5, 5.41) is 5.93. The van der Waals surface area contributed by atoms with E-state index in [9.17, 15) is 21.6 Å². The van der Waals surface area contributed by atoms with E-state index in [0.717, 1.165) is 12.1 Å². The molecule has 0 amide bonds. The lowest BCUT2D eigenvalue weighted by Gasteiger charge is -2.14. The van der Waals surface area contributed by atoms with Gasteiger partial charge in [-0.2, -0.15) is 18.3 Å². The summed E-state index contributed by atoms with van der Waals surface area (Å²) in [6.07, 6.45) is -3.50. The molecule has 0 unspecified atom stereocenters. The Kier molecular flexibility index (Phi) is 3.92. The second-order valence-corrected chi connectivity index (χ2v) is 5.72. The summed E-state index contributed by atoms with van der Waals surface area (Å²) in [6, 6.07) is 3.90. The SMILES string of the molecule is NCc1cn[nH]c1NS(=O)(=O)c1ccccc1C(F)(F)F. The standard InChI is InChI=1S/C11H11F3N4O2S/c12-11(13,14)8-3-1-2-4-9(8)21(19,20)18-10-7(5-15)6-16-17-10/h1-4,6H,5,15H2,(H2,16,17,18). The first-order valence-electron chi connectivity index (χ1n) is 5.67. The predicted octanol–water partition coefficient (Wildman–Crippen LogP) is 1.69. The number of hydrogen-bond acceptors (Lipinski definition) is 4. The molecule has 1 aromatic heterocycles. The minimum atomic E-state index is -4.78. The van der Waals surface area contributed by atoms with E-state index in [1.54, 1.807) is 0 Å². The fraction of sp³-hybridized carbons (Fsp3) is 0.182. The minimum absolute atomic E-state index is 0.0186. The lowest BCUT2D eigenvalue weighted by molar-refractivity contribution is -0.139. The Bertz CT molecular complexity index is 740. The fourth-order valence-corrected chi connectivity index (χ4v) is 2.97. The second kappa shape index (κ2) is 5.37. The van der Waals surface area contributed by atoms with E-state index in [1.807, 2.05) is 4.72 Å². The van der Waals surface area contributed by atoms with E-state index in [4.69, 9.17) is 5.73 Å². The van der Waals surface area contributed by atoms with Crippen LogP contribution in [-0.4, -0.2) is 18.6 Å². The number of nitrogens with zero attached hydrogens (tertiary/aromatic N) is 1. The van der Waals surface area contributed by atoms with Crippen LogP contribution in [0, 0.1) is 0 Å². The van der Waals surface area contributed by atoms with Gasteiger partial charge in [0, 0.05) is 12.1 Å². The van der Waals surface area contributed by atoms with Crippen LogP contribution in [0.5, 0.6) is 0 Å². The molecule has 0 radical (unpaired) electrons. The van der Waals surface area contributed by atoms with Crippen LogP contribution in [0.2, 0.25) is 0 Å². The number of nitrogens with one attached hydrogen (secondary N) is 2. The first-order chi connectivity index (χ1) is 9.75. The number of rotatable bonds is 4. The molecule has 10 heteroatoms. The summed E-state index contributed by atoms with van der Waals surface area (Å²) < 4.78 is 64.9. The van der Waals surface area contributed by atoms with Crippen molar-refractivity contribution < 1.29 is 21.6 Å². The molecule has 1 aromatic carbocycles. The summed E-state index contributed by atoms with van der Waals surface area (Å²) in [4.78, 5) is -0.866. The average molecular weight is 320 g/mol. The Morgan fingerprint density at radius 1 is 1.29 bits per heavy atom. The largest absolute Gasteiger partial charge is 0.417 e. The molecule has 0 spiro atoms. The predicted molar refractivity (Wildman–Crippen MR) is 68.7 cm³/mol. The van der Waals surface area contributed by atoms with E-state index >= 15 is 0 Å². The molecule has 0 saturated heterocycles. The van der Waals surface area contributed by atoms with Gasteiger partial charge in [0.25, 0.3) is 10.0 Å². The average Bonchev–Trinajstić information content (AvgIpc) is 2.84. The molecule has 21 heavy (non-hydrogen) atoms. The first kappa shape index (κ1) is 15.3. The van der Waals surface area contributed by atoms with E-state index in [0.29, 0.717) is 11.6 Å². The summed E-state index contributed by atoms with van der Waals surface area (Å²) in [5.41, 5.74) is 4.47. The van der Waals surface area contributed by atoms with Crippen LogP contribution in [0.25, 0.3) is 0 Å². The molecule has 0 bridgehead atoms. The van der Waals surface area contributed by atoms with Gasteiger partial charge in [-0.05, 0) is 12.1 Å². The number of aromatic amines is 1. The van der Waals surface area contributed by atoms with Gasteiger partial charge in [0.2, 0.25) is 0 Å².